The van der Waals surface area contributed by atoms with Crippen LogP contribution in [0, 0.1) is 13.8 Å². The summed E-state index contributed by atoms with van der Waals surface area (Å²) in [6, 6.07) is 19.1. The number of rotatable bonds is 5. The van der Waals surface area contributed by atoms with Gasteiger partial charge in [0.25, 0.3) is 5.91 Å². The van der Waals surface area contributed by atoms with E-state index in [4.69, 9.17) is 11.6 Å². The molecule has 3 heterocycles. The maximum absolute atomic E-state index is 13.9. The van der Waals surface area contributed by atoms with Crippen LogP contribution in [0.15, 0.2) is 84.3 Å². The fourth-order valence-corrected chi connectivity index (χ4v) is 5.29. The summed E-state index contributed by atoms with van der Waals surface area (Å²) in [5.74, 6) is -1.74. The lowest BCUT2D eigenvalue weighted by Crippen LogP contribution is -2.31. The van der Waals surface area contributed by atoms with Gasteiger partial charge in [0, 0.05) is 22.5 Å². The highest BCUT2D eigenvalue weighted by atomic mass is 35.5. The summed E-state index contributed by atoms with van der Waals surface area (Å²) in [4.78, 5) is 37.9. The van der Waals surface area contributed by atoms with Crippen molar-refractivity contribution in [2.24, 2.45) is 0 Å². The van der Waals surface area contributed by atoms with Crippen molar-refractivity contribution in [3.63, 3.8) is 0 Å². The molecule has 8 heteroatoms. The molecule has 174 valence electrons. The Morgan fingerprint density at radius 1 is 1.06 bits per heavy atom. The van der Waals surface area contributed by atoms with Gasteiger partial charge < -0.3 is 5.11 Å². The maximum atomic E-state index is 13.9. The van der Waals surface area contributed by atoms with Gasteiger partial charge in [-0.25, -0.2) is 4.98 Å². The zero-order chi connectivity index (χ0) is 24.7. The number of anilines is 1. The molecule has 0 saturated carbocycles. The average Bonchev–Trinajstić information content (AvgIpc) is 3.39. The summed E-state index contributed by atoms with van der Waals surface area (Å²) < 4.78 is 0. The van der Waals surface area contributed by atoms with Gasteiger partial charge in [0.05, 0.1) is 21.8 Å². The Hall–Kier alpha value is -3.81. The third kappa shape index (κ3) is 4.03. The highest BCUT2D eigenvalue weighted by molar-refractivity contribution is 7.17. The predicted molar refractivity (Wildman–Crippen MR) is 137 cm³/mol. The van der Waals surface area contributed by atoms with Crippen molar-refractivity contribution in [2.45, 2.75) is 19.9 Å². The van der Waals surface area contributed by atoms with E-state index in [-0.39, 0.29) is 5.57 Å². The molecule has 1 aliphatic heterocycles. The Kier molecular flexibility index (Phi) is 5.96. The van der Waals surface area contributed by atoms with Crippen LogP contribution in [0.2, 0.25) is 5.02 Å². The van der Waals surface area contributed by atoms with Gasteiger partial charge >= 0.3 is 0 Å². The van der Waals surface area contributed by atoms with Crippen LogP contribution in [-0.4, -0.2) is 26.8 Å². The van der Waals surface area contributed by atoms with Crippen molar-refractivity contribution in [1.29, 1.82) is 0 Å². The lowest BCUT2D eigenvalue weighted by molar-refractivity contribution is -0.117. The largest absolute Gasteiger partial charge is 0.503 e. The number of carbonyl (C=O) groups excluding carboxylic acids is 2. The second-order valence-electron chi connectivity index (χ2n) is 8.16. The van der Waals surface area contributed by atoms with Crippen LogP contribution in [-0.2, 0) is 4.79 Å². The van der Waals surface area contributed by atoms with Crippen molar-refractivity contribution in [3.8, 4) is 10.6 Å². The number of aromatic nitrogens is 2. The number of aryl methyl sites for hydroxylation is 2. The van der Waals surface area contributed by atoms with Gasteiger partial charge in [-0.15, -0.1) is 11.3 Å². The minimum absolute atomic E-state index is 0.0308. The summed E-state index contributed by atoms with van der Waals surface area (Å²) in [7, 11) is 0. The summed E-state index contributed by atoms with van der Waals surface area (Å²) in [5, 5.41) is 12.1. The van der Waals surface area contributed by atoms with Gasteiger partial charge in [0.15, 0.2) is 5.76 Å². The first-order valence-electron chi connectivity index (χ1n) is 10.9. The molecule has 1 aliphatic rings. The Balaban J connectivity index is 1.63. The van der Waals surface area contributed by atoms with Crippen LogP contribution >= 0.6 is 22.9 Å². The number of nitrogens with zero attached hydrogens (tertiary/aromatic N) is 3. The third-order valence-corrected chi connectivity index (χ3v) is 7.49. The Labute approximate surface area is 211 Å². The molecule has 0 radical (unpaired) electrons. The smallest absolute Gasteiger partial charge is 0.294 e. The van der Waals surface area contributed by atoms with E-state index in [0.717, 1.165) is 11.1 Å². The third-order valence-electron chi connectivity index (χ3n) is 5.88. The number of amides is 1. The number of aliphatic hydroxyl groups excluding tert-OH is 1. The van der Waals surface area contributed by atoms with E-state index < -0.39 is 23.5 Å². The highest BCUT2D eigenvalue weighted by Gasteiger charge is 2.46. The molecule has 0 spiro atoms. The van der Waals surface area contributed by atoms with E-state index in [1.807, 2.05) is 37.3 Å². The van der Waals surface area contributed by atoms with E-state index in [1.165, 1.54) is 16.2 Å². The van der Waals surface area contributed by atoms with Crippen LogP contribution in [0.3, 0.4) is 0 Å². The zero-order valence-corrected chi connectivity index (χ0v) is 20.5. The number of carbonyl (C=O) groups is 2. The van der Waals surface area contributed by atoms with E-state index in [0.29, 0.717) is 32.0 Å². The molecular weight excluding hydrogens is 482 g/mol. The number of hydrogen-bond donors (Lipinski definition) is 1. The van der Waals surface area contributed by atoms with Crippen LogP contribution in [0.4, 0.5) is 5.69 Å². The average molecular weight is 502 g/mol. The SMILES string of the molecule is Cc1ccc(N2C(=O)C(O)=C(C(=O)c3sc(-c4ccccc4)nc3C)C2c2ccccn2)cc1Cl. The first kappa shape index (κ1) is 23.0. The van der Waals surface area contributed by atoms with E-state index in [2.05, 4.69) is 9.97 Å². The molecule has 1 unspecified atom stereocenters. The summed E-state index contributed by atoms with van der Waals surface area (Å²) in [5.41, 5.74) is 3.15. The minimum Gasteiger partial charge on any atom is -0.503 e. The summed E-state index contributed by atoms with van der Waals surface area (Å²) in [6.07, 6.45) is 1.59. The normalized spacial score (nSPS) is 15.7. The highest BCUT2D eigenvalue weighted by Crippen LogP contribution is 2.43. The first-order chi connectivity index (χ1) is 16.9. The molecule has 0 bridgehead atoms. The fourth-order valence-electron chi connectivity index (χ4n) is 4.09. The number of pyridine rings is 1. The van der Waals surface area contributed by atoms with Crippen molar-refractivity contribution in [2.75, 3.05) is 4.90 Å². The van der Waals surface area contributed by atoms with Crippen LogP contribution < -0.4 is 4.90 Å². The summed E-state index contributed by atoms with van der Waals surface area (Å²) in [6.45, 7) is 3.60. The van der Waals surface area contributed by atoms with Crippen LogP contribution in [0.1, 0.15) is 32.7 Å². The summed E-state index contributed by atoms with van der Waals surface area (Å²) >= 11 is 7.58. The molecule has 6 nitrogen and oxygen atoms in total. The van der Waals surface area contributed by atoms with E-state index >= 15 is 0 Å². The molecule has 1 atom stereocenters. The second-order valence-corrected chi connectivity index (χ2v) is 9.56. The Bertz CT molecular complexity index is 1480. The quantitative estimate of drug-likeness (QED) is 0.326. The van der Waals surface area contributed by atoms with E-state index in [1.54, 1.807) is 49.5 Å². The number of Topliss-reactive ketones (excluding diaryl/α,β-unsaturated/α-hetero) is 1. The van der Waals surface area contributed by atoms with Gasteiger partial charge in [0.2, 0.25) is 5.78 Å². The van der Waals surface area contributed by atoms with Crippen molar-refractivity contribution in [1.82, 2.24) is 9.97 Å². The number of halogens is 1. The van der Waals surface area contributed by atoms with Crippen LogP contribution in [0.25, 0.3) is 10.6 Å². The van der Waals surface area contributed by atoms with Gasteiger partial charge in [-0.05, 0) is 43.7 Å². The lowest BCUT2D eigenvalue weighted by Gasteiger charge is -2.26. The van der Waals surface area contributed by atoms with Gasteiger partial charge in [-0.1, -0.05) is 54.1 Å². The van der Waals surface area contributed by atoms with Crippen LogP contribution in [0.5, 0.6) is 0 Å². The van der Waals surface area contributed by atoms with Gasteiger partial charge in [-0.3, -0.25) is 19.5 Å². The second kappa shape index (κ2) is 9.09. The molecule has 2 aromatic carbocycles. The number of benzene rings is 2. The molecule has 4 aromatic rings. The molecule has 1 amide bonds. The fraction of sp³-hybridized carbons (Fsp3) is 0.111. The monoisotopic (exact) mass is 501 g/mol. The molecule has 0 fully saturated rings. The molecule has 0 saturated heterocycles. The van der Waals surface area contributed by atoms with E-state index in [9.17, 15) is 14.7 Å². The molecule has 1 N–H and O–H groups in total. The Morgan fingerprint density at radius 3 is 2.49 bits per heavy atom. The van der Waals surface area contributed by atoms with Gasteiger partial charge in [0.1, 0.15) is 11.0 Å². The molecular formula is C27H20ClN3O3S. The number of aliphatic hydroxyl groups is 1. The molecule has 0 aliphatic carbocycles. The number of thiazole rings is 1. The maximum Gasteiger partial charge on any atom is 0.294 e. The van der Waals surface area contributed by atoms with Gasteiger partial charge in [-0.2, -0.15) is 0 Å². The first-order valence-corrected chi connectivity index (χ1v) is 12.1. The van der Waals surface area contributed by atoms with Crippen molar-refractivity contribution < 1.29 is 14.7 Å². The zero-order valence-electron chi connectivity index (χ0n) is 18.9. The lowest BCUT2D eigenvalue weighted by atomic mass is 9.98. The van der Waals surface area contributed by atoms with Crippen molar-refractivity contribution >= 4 is 40.3 Å². The topological polar surface area (TPSA) is 83.4 Å². The number of ketones is 1. The minimum atomic E-state index is -0.920. The number of hydrogen-bond acceptors (Lipinski definition) is 6. The molecule has 5 rings (SSSR count). The molecule has 35 heavy (non-hydrogen) atoms. The standard InChI is InChI=1S/C27H20ClN3O3S/c1-15-11-12-18(14-19(15)28)31-22(20-10-6-7-13-29-20)21(24(33)27(31)34)23(32)25-16(2)30-26(35-25)17-8-4-3-5-9-17/h3-14,22,33H,1-2H3. The predicted octanol–water partition coefficient (Wildman–Crippen LogP) is 6.26. The van der Waals surface area contributed by atoms with Crippen molar-refractivity contribution in [3.05, 3.63) is 111 Å². The Morgan fingerprint density at radius 2 is 1.80 bits per heavy atom. The molecule has 2 aromatic heterocycles.